The molecule has 0 saturated heterocycles. The van der Waals surface area contributed by atoms with E-state index in [2.05, 4.69) is 6.92 Å². The summed E-state index contributed by atoms with van der Waals surface area (Å²) in [5.74, 6) is -0.373. The molecule has 1 rings (SSSR count). The van der Waals surface area contributed by atoms with Gasteiger partial charge in [0.2, 0.25) is 0 Å². The van der Waals surface area contributed by atoms with Gasteiger partial charge in [0.1, 0.15) is 0 Å². The van der Waals surface area contributed by atoms with Gasteiger partial charge in [-0.3, -0.25) is 4.55 Å². The zero-order valence-corrected chi connectivity index (χ0v) is 17.9. The SMILES string of the molecule is CCCCCCCCCCCCc1cc([O-])cc(S(=O)(=O)O)c1.[Na+]. The Morgan fingerprint density at radius 3 is 1.88 bits per heavy atom. The van der Waals surface area contributed by atoms with Crippen LogP contribution in [0.4, 0.5) is 0 Å². The van der Waals surface area contributed by atoms with E-state index in [1.165, 1.54) is 63.5 Å². The third-order valence-electron chi connectivity index (χ3n) is 4.06. The van der Waals surface area contributed by atoms with Crippen LogP contribution >= 0.6 is 0 Å². The molecule has 1 aromatic rings. The Kier molecular flexibility index (Phi) is 13.1. The van der Waals surface area contributed by atoms with Crippen LogP contribution in [0.25, 0.3) is 0 Å². The maximum Gasteiger partial charge on any atom is 1.00 e. The monoisotopic (exact) mass is 364 g/mol. The maximum absolute atomic E-state index is 11.5. The standard InChI is InChI=1S/C18H30O4S.Na/c1-2-3-4-5-6-7-8-9-10-11-12-16-13-17(19)15-18(14-16)23(20,21)22;/h13-15,19H,2-12H2,1H3,(H,20,21,22);/q;+1/p-1. The van der Waals surface area contributed by atoms with Crippen molar-refractivity contribution in [2.75, 3.05) is 0 Å². The summed E-state index contributed by atoms with van der Waals surface area (Å²) in [4.78, 5) is -0.299. The summed E-state index contributed by atoms with van der Waals surface area (Å²) in [6.45, 7) is 2.22. The third-order valence-corrected chi connectivity index (χ3v) is 4.89. The molecule has 6 heteroatoms. The summed E-state index contributed by atoms with van der Waals surface area (Å²) >= 11 is 0. The molecule has 132 valence electrons. The van der Waals surface area contributed by atoms with Gasteiger partial charge in [0.15, 0.2) is 0 Å². The second-order valence-corrected chi connectivity index (χ2v) is 7.64. The predicted molar refractivity (Wildman–Crippen MR) is 91.3 cm³/mol. The van der Waals surface area contributed by atoms with Crippen molar-refractivity contribution < 1.29 is 47.6 Å². The molecule has 1 N–H and O–H groups in total. The fourth-order valence-electron chi connectivity index (χ4n) is 2.74. The Bertz CT molecular complexity index is 558. The molecule has 0 fully saturated rings. The van der Waals surface area contributed by atoms with Crippen LogP contribution in [-0.2, 0) is 16.5 Å². The van der Waals surface area contributed by atoms with Gasteiger partial charge < -0.3 is 5.11 Å². The third kappa shape index (κ3) is 10.7. The summed E-state index contributed by atoms with van der Waals surface area (Å²) in [5, 5.41) is 11.5. The average molecular weight is 364 g/mol. The van der Waals surface area contributed by atoms with E-state index in [1.807, 2.05) is 0 Å². The smallest absolute Gasteiger partial charge is 0.872 e. The van der Waals surface area contributed by atoms with Crippen LogP contribution in [-0.4, -0.2) is 13.0 Å². The number of hydrogen-bond acceptors (Lipinski definition) is 3. The van der Waals surface area contributed by atoms with Crippen molar-refractivity contribution in [3.8, 4) is 5.75 Å². The molecule has 0 aliphatic rings. The van der Waals surface area contributed by atoms with Gasteiger partial charge in [-0.1, -0.05) is 70.8 Å². The van der Waals surface area contributed by atoms with Gasteiger partial charge in [0.05, 0.1) is 4.90 Å². The van der Waals surface area contributed by atoms with E-state index in [4.69, 9.17) is 4.55 Å². The first kappa shape index (κ1) is 23.9. The van der Waals surface area contributed by atoms with Gasteiger partial charge in [-0.15, -0.1) is 5.75 Å². The fourth-order valence-corrected chi connectivity index (χ4v) is 3.31. The van der Waals surface area contributed by atoms with Crippen LogP contribution in [0.15, 0.2) is 23.1 Å². The first-order chi connectivity index (χ1) is 10.9. The van der Waals surface area contributed by atoms with Crippen LogP contribution < -0.4 is 34.7 Å². The molecular weight excluding hydrogens is 335 g/mol. The molecule has 4 nitrogen and oxygen atoms in total. The van der Waals surface area contributed by atoms with Crippen molar-refractivity contribution in [1.29, 1.82) is 0 Å². The van der Waals surface area contributed by atoms with Gasteiger partial charge >= 0.3 is 29.6 Å². The van der Waals surface area contributed by atoms with Crippen LogP contribution in [0, 0.1) is 0 Å². The predicted octanol–water partition coefficient (Wildman–Crippen LogP) is 1.47. The van der Waals surface area contributed by atoms with Gasteiger partial charge in [-0.2, -0.15) is 8.42 Å². The Hall–Kier alpha value is -0.0700. The number of rotatable bonds is 12. The van der Waals surface area contributed by atoms with E-state index in [-0.39, 0.29) is 40.2 Å². The Morgan fingerprint density at radius 1 is 0.875 bits per heavy atom. The maximum atomic E-state index is 11.5. The normalized spacial score (nSPS) is 11.2. The molecule has 0 aliphatic carbocycles. The van der Waals surface area contributed by atoms with Crippen LogP contribution in [0.5, 0.6) is 5.75 Å². The average Bonchev–Trinajstić information content (AvgIpc) is 2.48. The Labute approximate surface area is 169 Å². The number of aryl methyl sites for hydroxylation is 1. The topological polar surface area (TPSA) is 77.4 Å². The largest absolute Gasteiger partial charge is 1.00 e. The summed E-state index contributed by atoms with van der Waals surface area (Å²) in [6.07, 6.45) is 13.0. The van der Waals surface area contributed by atoms with Crippen molar-refractivity contribution in [3.05, 3.63) is 23.8 Å². The Morgan fingerprint density at radius 2 is 1.38 bits per heavy atom. The molecule has 0 atom stereocenters. The van der Waals surface area contributed by atoms with Crippen LogP contribution in [0.2, 0.25) is 0 Å². The summed E-state index contributed by atoms with van der Waals surface area (Å²) in [5.41, 5.74) is 0.685. The fraction of sp³-hybridized carbons (Fsp3) is 0.667. The Balaban J connectivity index is 0.00000529. The summed E-state index contributed by atoms with van der Waals surface area (Å²) in [6, 6.07) is 3.80. The molecular formula is C18H29NaO4S. The van der Waals surface area contributed by atoms with Gasteiger partial charge in [0, 0.05) is 0 Å². The van der Waals surface area contributed by atoms with E-state index in [0.717, 1.165) is 18.9 Å². The quantitative estimate of drug-likeness (QED) is 0.346. The van der Waals surface area contributed by atoms with E-state index in [9.17, 15) is 13.5 Å². The zero-order chi connectivity index (χ0) is 17.1. The first-order valence-electron chi connectivity index (χ1n) is 8.72. The molecule has 0 aromatic heterocycles. The van der Waals surface area contributed by atoms with E-state index in [0.29, 0.717) is 12.0 Å². The minimum atomic E-state index is -4.30. The number of benzene rings is 1. The molecule has 0 unspecified atom stereocenters. The molecule has 0 heterocycles. The van der Waals surface area contributed by atoms with Crippen molar-refractivity contribution in [2.24, 2.45) is 0 Å². The van der Waals surface area contributed by atoms with Crippen molar-refractivity contribution >= 4 is 10.1 Å². The molecule has 0 saturated carbocycles. The van der Waals surface area contributed by atoms with Crippen LogP contribution in [0.1, 0.15) is 76.7 Å². The molecule has 0 radical (unpaired) electrons. The summed E-state index contributed by atoms with van der Waals surface area (Å²) < 4.78 is 31.2. The minimum Gasteiger partial charge on any atom is -0.872 e. The van der Waals surface area contributed by atoms with Gasteiger partial charge in [-0.25, -0.2) is 0 Å². The number of hydrogen-bond donors (Lipinski definition) is 1. The van der Waals surface area contributed by atoms with Crippen molar-refractivity contribution in [3.63, 3.8) is 0 Å². The first-order valence-corrected chi connectivity index (χ1v) is 10.2. The second-order valence-electron chi connectivity index (χ2n) is 6.22. The molecule has 0 bridgehead atoms. The zero-order valence-electron chi connectivity index (χ0n) is 15.1. The molecule has 24 heavy (non-hydrogen) atoms. The van der Waals surface area contributed by atoms with Gasteiger partial charge in [0.25, 0.3) is 10.1 Å². The van der Waals surface area contributed by atoms with Gasteiger partial charge in [-0.05, 0) is 30.5 Å². The number of unbranched alkanes of at least 4 members (excludes halogenated alkanes) is 9. The molecule has 0 aliphatic heterocycles. The minimum absolute atomic E-state index is 0. The van der Waals surface area contributed by atoms with Crippen LogP contribution in [0.3, 0.4) is 0 Å². The van der Waals surface area contributed by atoms with Crippen molar-refractivity contribution in [2.45, 2.75) is 82.4 Å². The molecule has 0 spiro atoms. The van der Waals surface area contributed by atoms with E-state index >= 15 is 0 Å². The second kappa shape index (κ2) is 13.2. The molecule has 0 amide bonds. The van der Waals surface area contributed by atoms with E-state index < -0.39 is 10.1 Å². The van der Waals surface area contributed by atoms with Crippen molar-refractivity contribution in [1.82, 2.24) is 0 Å². The van der Waals surface area contributed by atoms with E-state index in [1.54, 1.807) is 0 Å². The summed E-state index contributed by atoms with van der Waals surface area (Å²) in [7, 11) is -4.30. The molecule has 1 aromatic carbocycles.